The van der Waals surface area contributed by atoms with Crippen LogP contribution in [0.3, 0.4) is 0 Å². The van der Waals surface area contributed by atoms with Crippen molar-refractivity contribution in [3.05, 3.63) is 107 Å². The zero-order valence-electron chi connectivity index (χ0n) is 25.0. The van der Waals surface area contributed by atoms with Crippen LogP contribution in [0, 0.1) is 6.92 Å². The number of rotatable bonds is 9. The molecule has 3 aromatic carbocycles. The number of amides is 2. The van der Waals surface area contributed by atoms with Gasteiger partial charge in [0.2, 0.25) is 11.1 Å². The molecule has 6 rings (SSSR count). The average Bonchev–Trinajstić information content (AvgIpc) is 3.46. The third-order valence-electron chi connectivity index (χ3n) is 7.95. The molecule has 10 heteroatoms. The number of ether oxygens (including phenoxy) is 1. The molecule has 44 heavy (non-hydrogen) atoms. The van der Waals surface area contributed by atoms with E-state index in [1.807, 2.05) is 85.5 Å². The third-order valence-corrected chi connectivity index (χ3v) is 8.86. The fourth-order valence-corrected chi connectivity index (χ4v) is 6.33. The summed E-state index contributed by atoms with van der Waals surface area (Å²) < 4.78 is 7.65. The average molecular weight is 609 g/mol. The van der Waals surface area contributed by atoms with Gasteiger partial charge in [0.05, 0.1) is 5.57 Å². The standard InChI is InChI=1S/C34H36N6O3S/c1-23-11-7-8-14-28(23)36-32(42)30-24(2)35-33-37-34(44-22-25-12-5-3-6-13-25)38-40(33)31(30)26-15-17-27(18-16-26)43-21-29(41)39-19-9-4-10-20-39/h3,5-8,11-18,31H,4,9-10,19-22H2,1-2H3,(H,36,42)(H,35,37,38). The maximum Gasteiger partial charge on any atom is 0.260 e. The van der Waals surface area contributed by atoms with Crippen LogP contribution in [0.1, 0.15) is 48.9 Å². The number of nitrogens with zero attached hydrogens (tertiary/aromatic N) is 4. The van der Waals surface area contributed by atoms with Crippen molar-refractivity contribution in [1.82, 2.24) is 19.7 Å². The van der Waals surface area contributed by atoms with Gasteiger partial charge >= 0.3 is 0 Å². The number of anilines is 2. The van der Waals surface area contributed by atoms with E-state index in [1.165, 1.54) is 12.0 Å². The number of likely N-dealkylation sites (tertiary alicyclic amines) is 1. The van der Waals surface area contributed by atoms with Gasteiger partial charge in [-0.05, 0) is 68.0 Å². The number of thioether (sulfide) groups is 1. The van der Waals surface area contributed by atoms with Crippen LogP contribution in [0.5, 0.6) is 5.75 Å². The molecule has 2 N–H and O–H groups in total. The number of piperidine rings is 1. The van der Waals surface area contributed by atoms with Crippen LogP contribution in [-0.2, 0) is 15.3 Å². The van der Waals surface area contributed by atoms with Crippen LogP contribution >= 0.6 is 11.8 Å². The molecule has 0 radical (unpaired) electrons. The van der Waals surface area contributed by atoms with E-state index in [0.717, 1.165) is 48.5 Å². The Hall–Kier alpha value is -4.57. The van der Waals surface area contributed by atoms with Crippen molar-refractivity contribution < 1.29 is 14.3 Å². The number of nitrogens with one attached hydrogen (secondary N) is 2. The van der Waals surface area contributed by atoms with Crippen molar-refractivity contribution in [2.75, 3.05) is 30.3 Å². The third kappa shape index (κ3) is 6.65. The van der Waals surface area contributed by atoms with Gasteiger partial charge in [-0.1, -0.05) is 72.4 Å². The summed E-state index contributed by atoms with van der Waals surface area (Å²) in [6.45, 7) is 5.45. The molecule has 0 saturated carbocycles. The number of carbonyl (C=O) groups excluding carboxylic acids is 2. The summed E-state index contributed by atoms with van der Waals surface area (Å²) in [5, 5.41) is 11.9. The van der Waals surface area contributed by atoms with Gasteiger partial charge in [0.15, 0.2) is 6.61 Å². The molecule has 1 unspecified atom stereocenters. The van der Waals surface area contributed by atoms with Crippen LogP contribution < -0.4 is 15.4 Å². The molecular formula is C34H36N6O3S. The minimum atomic E-state index is -0.530. The molecule has 2 aliphatic rings. The molecule has 1 atom stereocenters. The van der Waals surface area contributed by atoms with Gasteiger partial charge in [0.25, 0.3) is 11.8 Å². The molecule has 0 spiro atoms. The Morgan fingerprint density at radius 3 is 2.43 bits per heavy atom. The number of fused-ring (bicyclic) bond motifs is 1. The summed E-state index contributed by atoms with van der Waals surface area (Å²) in [4.78, 5) is 33.2. The first-order chi connectivity index (χ1) is 21.5. The normalized spacial score (nSPS) is 16.2. The molecule has 4 aromatic rings. The lowest BCUT2D eigenvalue weighted by Crippen LogP contribution is -2.38. The fourth-order valence-electron chi connectivity index (χ4n) is 5.55. The van der Waals surface area contributed by atoms with E-state index in [1.54, 1.807) is 16.4 Å². The zero-order chi connectivity index (χ0) is 30.5. The van der Waals surface area contributed by atoms with Crippen molar-refractivity contribution in [2.24, 2.45) is 0 Å². The number of allylic oxidation sites excluding steroid dienone is 1. The maximum absolute atomic E-state index is 13.9. The SMILES string of the molecule is CC1=C(C(=O)Nc2ccccc2C)C(c2ccc(OCC(=O)N3CCCCC3)cc2)n2nc(SCc3ccccc3)nc2N1. The van der Waals surface area contributed by atoms with E-state index in [2.05, 4.69) is 22.8 Å². The van der Waals surface area contributed by atoms with Crippen molar-refractivity contribution >= 4 is 35.2 Å². The quantitative estimate of drug-likeness (QED) is 0.218. The number of para-hydroxylation sites is 1. The molecule has 1 saturated heterocycles. The second-order valence-corrected chi connectivity index (χ2v) is 12.0. The predicted octanol–water partition coefficient (Wildman–Crippen LogP) is 6.20. The summed E-state index contributed by atoms with van der Waals surface area (Å²) in [6, 6.07) is 24.9. The Morgan fingerprint density at radius 1 is 0.955 bits per heavy atom. The van der Waals surface area contributed by atoms with Gasteiger partial charge in [-0.25, -0.2) is 4.68 Å². The van der Waals surface area contributed by atoms with Crippen molar-refractivity contribution in [3.63, 3.8) is 0 Å². The molecule has 3 heterocycles. The Labute approximate surface area is 261 Å². The van der Waals surface area contributed by atoms with Crippen LogP contribution in [0.15, 0.2) is 95.3 Å². The first-order valence-electron chi connectivity index (χ1n) is 14.9. The molecule has 0 bridgehead atoms. The van der Waals surface area contributed by atoms with Gasteiger partial charge < -0.3 is 20.3 Å². The van der Waals surface area contributed by atoms with Crippen molar-refractivity contribution in [1.29, 1.82) is 0 Å². The van der Waals surface area contributed by atoms with Gasteiger partial charge in [-0.3, -0.25) is 9.59 Å². The molecule has 9 nitrogen and oxygen atoms in total. The first-order valence-corrected chi connectivity index (χ1v) is 15.9. The monoisotopic (exact) mass is 608 g/mol. The molecule has 1 fully saturated rings. The smallest absolute Gasteiger partial charge is 0.260 e. The molecular weight excluding hydrogens is 572 g/mol. The molecule has 2 amide bonds. The number of hydrogen-bond donors (Lipinski definition) is 2. The first kappa shape index (κ1) is 29.5. The second-order valence-electron chi connectivity index (χ2n) is 11.1. The van der Waals surface area contributed by atoms with Crippen LogP contribution in [0.25, 0.3) is 0 Å². The number of hydrogen-bond acceptors (Lipinski definition) is 7. The summed E-state index contributed by atoms with van der Waals surface area (Å²) in [5.41, 5.74) is 4.99. The number of benzene rings is 3. The molecule has 2 aliphatic heterocycles. The van der Waals surface area contributed by atoms with Crippen LogP contribution in [0.2, 0.25) is 0 Å². The van der Waals surface area contributed by atoms with E-state index in [-0.39, 0.29) is 18.4 Å². The molecule has 1 aromatic heterocycles. The van der Waals surface area contributed by atoms with E-state index in [9.17, 15) is 9.59 Å². The van der Waals surface area contributed by atoms with E-state index in [0.29, 0.717) is 28.1 Å². The number of carbonyl (C=O) groups is 2. The second kappa shape index (κ2) is 13.4. The molecule has 226 valence electrons. The van der Waals surface area contributed by atoms with Crippen LogP contribution in [0.4, 0.5) is 11.6 Å². The predicted molar refractivity (Wildman–Crippen MR) is 173 cm³/mol. The summed E-state index contributed by atoms with van der Waals surface area (Å²) in [6.07, 6.45) is 3.25. The number of aryl methyl sites for hydroxylation is 1. The summed E-state index contributed by atoms with van der Waals surface area (Å²) in [7, 11) is 0. The van der Waals surface area contributed by atoms with E-state index >= 15 is 0 Å². The lowest BCUT2D eigenvalue weighted by atomic mass is 9.95. The maximum atomic E-state index is 13.9. The fraction of sp³-hybridized carbons (Fsp3) is 0.294. The van der Waals surface area contributed by atoms with Gasteiger partial charge in [0.1, 0.15) is 11.8 Å². The van der Waals surface area contributed by atoms with Gasteiger partial charge in [-0.15, -0.1) is 5.10 Å². The highest BCUT2D eigenvalue weighted by molar-refractivity contribution is 7.98. The van der Waals surface area contributed by atoms with Crippen molar-refractivity contribution in [3.8, 4) is 5.75 Å². The van der Waals surface area contributed by atoms with Crippen LogP contribution in [-0.4, -0.2) is 51.2 Å². The minimum absolute atomic E-state index is 0.00497. The summed E-state index contributed by atoms with van der Waals surface area (Å²) >= 11 is 1.55. The van der Waals surface area contributed by atoms with Gasteiger partial charge in [-0.2, -0.15) is 4.98 Å². The zero-order valence-corrected chi connectivity index (χ0v) is 25.8. The minimum Gasteiger partial charge on any atom is -0.484 e. The largest absolute Gasteiger partial charge is 0.484 e. The van der Waals surface area contributed by atoms with E-state index in [4.69, 9.17) is 14.8 Å². The lowest BCUT2D eigenvalue weighted by molar-refractivity contribution is -0.134. The highest BCUT2D eigenvalue weighted by Gasteiger charge is 2.34. The number of aromatic nitrogens is 3. The Kier molecular flexibility index (Phi) is 8.97. The topological polar surface area (TPSA) is 101 Å². The molecule has 0 aliphatic carbocycles. The Balaban J connectivity index is 1.26. The highest BCUT2D eigenvalue weighted by atomic mass is 32.2. The van der Waals surface area contributed by atoms with Crippen molar-refractivity contribution in [2.45, 2.75) is 50.1 Å². The Morgan fingerprint density at radius 2 is 1.68 bits per heavy atom. The summed E-state index contributed by atoms with van der Waals surface area (Å²) in [5.74, 6) is 1.68. The van der Waals surface area contributed by atoms with E-state index < -0.39 is 6.04 Å². The Bertz CT molecular complexity index is 1660. The lowest BCUT2D eigenvalue weighted by Gasteiger charge is -2.29. The van der Waals surface area contributed by atoms with Gasteiger partial charge in [0, 0.05) is 30.2 Å². The highest BCUT2D eigenvalue weighted by Crippen LogP contribution is 2.37.